The van der Waals surface area contributed by atoms with Gasteiger partial charge in [-0.05, 0) is 18.9 Å². The average molecular weight is 237 g/mol. The number of nitrogens with one attached hydrogen (secondary N) is 2. The molecular weight excluding hydrogens is 218 g/mol. The molecule has 17 heavy (non-hydrogen) atoms. The summed E-state index contributed by atoms with van der Waals surface area (Å²) in [5, 5.41) is 13.9. The number of hydrogen-bond acceptors (Lipinski definition) is 4. The van der Waals surface area contributed by atoms with Crippen molar-refractivity contribution in [2.75, 3.05) is 13.1 Å². The van der Waals surface area contributed by atoms with Gasteiger partial charge in [-0.25, -0.2) is 0 Å². The highest BCUT2D eigenvalue weighted by Gasteiger charge is 2.24. The van der Waals surface area contributed by atoms with Crippen molar-refractivity contribution >= 4 is 5.91 Å². The predicted octanol–water partition coefficient (Wildman–Crippen LogP) is -0.323. The molecule has 2 atom stereocenters. The highest BCUT2D eigenvalue weighted by atomic mass is 16.1. The zero-order valence-electron chi connectivity index (χ0n) is 10.3. The quantitative estimate of drug-likeness (QED) is 0.755. The van der Waals surface area contributed by atoms with Crippen molar-refractivity contribution in [3.05, 3.63) is 12.2 Å². The first-order chi connectivity index (χ1) is 8.16. The molecular formula is C11H19N5O. The lowest BCUT2D eigenvalue weighted by molar-refractivity contribution is -0.126. The smallest absolute Gasteiger partial charge is 0.224 e. The number of piperidine rings is 1. The summed E-state index contributed by atoms with van der Waals surface area (Å²) in [5.41, 5.74) is 0. The van der Waals surface area contributed by atoms with Crippen LogP contribution in [0.2, 0.25) is 0 Å². The van der Waals surface area contributed by atoms with Crippen LogP contribution in [-0.2, 0) is 18.4 Å². The Morgan fingerprint density at radius 3 is 3.12 bits per heavy atom. The van der Waals surface area contributed by atoms with E-state index in [2.05, 4.69) is 27.8 Å². The minimum atomic E-state index is 0.0759. The third-order valence-corrected chi connectivity index (χ3v) is 3.17. The molecule has 1 aromatic rings. The number of amides is 1. The highest BCUT2D eigenvalue weighted by Crippen LogP contribution is 2.15. The minimum absolute atomic E-state index is 0.0759. The van der Waals surface area contributed by atoms with E-state index in [1.807, 2.05) is 11.6 Å². The normalized spacial score (nSPS) is 24.6. The maximum Gasteiger partial charge on any atom is 0.224 e. The third kappa shape index (κ3) is 3.03. The molecule has 1 amide bonds. The van der Waals surface area contributed by atoms with Gasteiger partial charge in [-0.15, -0.1) is 10.2 Å². The molecule has 1 aliphatic heterocycles. The van der Waals surface area contributed by atoms with E-state index in [9.17, 15) is 4.79 Å². The van der Waals surface area contributed by atoms with Crippen molar-refractivity contribution in [3.63, 3.8) is 0 Å². The Bertz CT molecular complexity index is 389. The molecule has 6 nitrogen and oxygen atoms in total. The number of nitrogens with zero attached hydrogens (tertiary/aromatic N) is 3. The van der Waals surface area contributed by atoms with Gasteiger partial charge >= 0.3 is 0 Å². The minimum Gasteiger partial charge on any atom is -0.349 e. The van der Waals surface area contributed by atoms with E-state index in [-0.39, 0.29) is 11.8 Å². The number of carbonyl (C=O) groups excluding carboxylic acids is 1. The lowest BCUT2D eigenvalue weighted by Crippen LogP contribution is -2.43. The Kier molecular flexibility index (Phi) is 3.73. The van der Waals surface area contributed by atoms with Gasteiger partial charge in [-0.3, -0.25) is 4.79 Å². The van der Waals surface area contributed by atoms with Gasteiger partial charge in [0.2, 0.25) is 5.91 Å². The fourth-order valence-electron chi connectivity index (χ4n) is 2.13. The number of carbonyl (C=O) groups is 1. The van der Waals surface area contributed by atoms with Crippen LogP contribution in [0.4, 0.5) is 0 Å². The van der Waals surface area contributed by atoms with Crippen LogP contribution >= 0.6 is 0 Å². The molecule has 0 spiro atoms. The summed E-state index contributed by atoms with van der Waals surface area (Å²) in [7, 11) is 1.87. The molecule has 6 heteroatoms. The molecule has 1 aliphatic rings. The van der Waals surface area contributed by atoms with Gasteiger partial charge in [0.1, 0.15) is 6.33 Å². The summed E-state index contributed by atoms with van der Waals surface area (Å²) in [6.45, 7) is 4.39. The SMILES string of the molecule is CC1CNCC(C(=O)NCc2nncn2C)C1. The topological polar surface area (TPSA) is 71.8 Å². The molecule has 0 bridgehead atoms. The van der Waals surface area contributed by atoms with Crippen LogP contribution in [0.15, 0.2) is 6.33 Å². The van der Waals surface area contributed by atoms with Crippen LogP contribution in [0.3, 0.4) is 0 Å². The van der Waals surface area contributed by atoms with Crippen molar-refractivity contribution in [1.82, 2.24) is 25.4 Å². The largest absolute Gasteiger partial charge is 0.349 e. The number of aryl methyl sites for hydroxylation is 1. The lowest BCUT2D eigenvalue weighted by atomic mass is 9.91. The molecule has 0 aliphatic carbocycles. The summed E-state index contributed by atoms with van der Waals surface area (Å²) < 4.78 is 1.81. The Labute approximate surface area is 101 Å². The summed E-state index contributed by atoms with van der Waals surface area (Å²) in [6, 6.07) is 0. The average Bonchev–Trinajstić information content (AvgIpc) is 2.72. The van der Waals surface area contributed by atoms with Crippen LogP contribution in [0.5, 0.6) is 0 Å². The van der Waals surface area contributed by atoms with E-state index in [0.29, 0.717) is 12.5 Å². The van der Waals surface area contributed by atoms with Gasteiger partial charge < -0.3 is 15.2 Å². The van der Waals surface area contributed by atoms with E-state index >= 15 is 0 Å². The zero-order chi connectivity index (χ0) is 12.3. The Hall–Kier alpha value is -1.43. The first kappa shape index (κ1) is 12.0. The molecule has 94 valence electrons. The molecule has 1 fully saturated rings. The maximum atomic E-state index is 11.9. The molecule has 1 saturated heterocycles. The second-order valence-electron chi connectivity index (χ2n) is 4.77. The number of hydrogen-bond donors (Lipinski definition) is 2. The van der Waals surface area contributed by atoms with Gasteiger partial charge in [0.25, 0.3) is 0 Å². The van der Waals surface area contributed by atoms with Crippen molar-refractivity contribution in [3.8, 4) is 0 Å². The van der Waals surface area contributed by atoms with E-state index in [4.69, 9.17) is 0 Å². The Morgan fingerprint density at radius 1 is 1.65 bits per heavy atom. The van der Waals surface area contributed by atoms with Gasteiger partial charge in [0.05, 0.1) is 12.5 Å². The summed E-state index contributed by atoms with van der Waals surface area (Å²) >= 11 is 0. The first-order valence-electron chi connectivity index (χ1n) is 5.98. The molecule has 2 N–H and O–H groups in total. The van der Waals surface area contributed by atoms with Crippen molar-refractivity contribution < 1.29 is 4.79 Å². The first-order valence-corrected chi connectivity index (χ1v) is 5.98. The Balaban J connectivity index is 1.83. The molecule has 2 rings (SSSR count). The van der Waals surface area contributed by atoms with Crippen molar-refractivity contribution in [2.45, 2.75) is 19.9 Å². The molecule has 2 heterocycles. The second-order valence-corrected chi connectivity index (χ2v) is 4.77. The third-order valence-electron chi connectivity index (χ3n) is 3.17. The highest BCUT2D eigenvalue weighted by molar-refractivity contribution is 5.78. The summed E-state index contributed by atoms with van der Waals surface area (Å²) in [4.78, 5) is 11.9. The van der Waals surface area contributed by atoms with Crippen LogP contribution in [0.25, 0.3) is 0 Å². The molecule has 1 aromatic heterocycles. The van der Waals surface area contributed by atoms with Gasteiger partial charge in [-0.2, -0.15) is 0 Å². The molecule has 0 radical (unpaired) electrons. The second kappa shape index (κ2) is 5.27. The maximum absolute atomic E-state index is 11.9. The van der Waals surface area contributed by atoms with Crippen LogP contribution in [0, 0.1) is 11.8 Å². The summed E-state index contributed by atoms with van der Waals surface area (Å²) in [6.07, 6.45) is 2.59. The molecule has 2 unspecified atom stereocenters. The van der Waals surface area contributed by atoms with Gasteiger partial charge in [0.15, 0.2) is 5.82 Å². The van der Waals surface area contributed by atoms with E-state index in [0.717, 1.165) is 25.3 Å². The fraction of sp³-hybridized carbons (Fsp3) is 0.727. The fourth-order valence-corrected chi connectivity index (χ4v) is 2.13. The van der Waals surface area contributed by atoms with E-state index in [1.165, 1.54) is 0 Å². The van der Waals surface area contributed by atoms with Crippen molar-refractivity contribution in [1.29, 1.82) is 0 Å². The number of rotatable bonds is 3. The predicted molar refractivity (Wildman–Crippen MR) is 63.0 cm³/mol. The van der Waals surface area contributed by atoms with E-state index in [1.54, 1.807) is 6.33 Å². The monoisotopic (exact) mass is 237 g/mol. The molecule has 0 aromatic carbocycles. The van der Waals surface area contributed by atoms with Gasteiger partial charge in [0, 0.05) is 13.6 Å². The van der Waals surface area contributed by atoms with E-state index < -0.39 is 0 Å². The van der Waals surface area contributed by atoms with Crippen LogP contribution < -0.4 is 10.6 Å². The van der Waals surface area contributed by atoms with Crippen LogP contribution in [0.1, 0.15) is 19.2 Å². The van der Waals surface area contributed by atoms with Gasteiger partial charge in [-0.1, -0.05) is 6.92 Å². The van der Waals surface area contributed by atoms with Crippen LogP contribution in [-0.4, -0.2) is 33.8 Å². The lowest BCUT2D eigenvalue weighted by Gasteiger charge is -2.26. The standard InChI is InChI=1S/C11H19N5O/c1-8-3-9(5-12-4-8)11(17)13-6-10-15-14-7-16(10)2/h7-9,12H,3-6H2,1-2H3,(H,13,17). The Morgan fingerprint density at radius 2 is 2.47 bits per heavy atom. The number of aromatic nitrogens is 3. The summed E-state index contributed by atoms with van der Waals surface area (Å²) in [5.74, 6) is 1.52. The van der Waals surface area contributed by atoms with Crippen molar-refractivity contribution in [2.24, 2.45) is 18.9 Å². The molecule has 0 saturated carbocycles. The zero-order valence-corrected chi connectivity index (χ0v) is 10.3.